The summed E-state index contributed by atoms with van der Waals surface area (Å²) in [5.74, 6) is -0.347. The van der Waals surface area contributed by atoms with Gasteiger partial charge in [-0.05, 0) is 24.1 Å². The molecule has 0 saturated heterocycles. The highest BCUT2D eigenvalue weighted by Gasteiger charge is 2.15. The van der Waals surface area contributed by atoms with Crippen molar-refractivity contribution >= 4 is 28.1 Å². The third-order valence-electron chi connectivity index (χ3n) is 5.00. The lowest BCUT2D eigenvalue weighted by Crippen LogP contribution is -2.31. The summed E-state index contributed by atoms with van der Waals surface area (Å²) in [5.41, 5.74) is 1.85. The molecule has 6 heteroatoms. The average Bonchev–Trinajstić information content (AvgIpc) is 3.24. The third-order valence-corrected chi connectivity index (χ3v) is 6.20. The fourth-order valence-electron chi connectivity index (χ4n) is 3.42. The minimum absolute atomic E-state index is 0.165. The van der Waals surface area contributed by atoms with Gasteiger partial charge in [0.2, 0.25) is 5.43 Å². The summed E-state index contributed by atoms with van der Waals surface area (Å²) in [4.78, 5) is 31.4. The van der Waals surface area contributed by atoms with Gasteiger partial charge in [0.1, 0.15) is 5.56 Å². The highest BCUT2D eigenvalue weighted by Crippen LogP contribution is 2.15. The van der Waals surface area contributed by atoms with Crippen LogP contribution in [0.1, 0.15) is 32.7 Å². The largest absolute Gasteiger partial charge is 0.351 e. The second kappa shape index (κ2) is 9.05. The van der Waals surface area contributed by atoms with E-state index in [4.69, 9.17) is 0 Å². The molecule has 5 nitrogen and oxygen atoms in total. The summed E-state index contributed by atoms with van der Waals surface area (Å²) in [7, 11) is 0. The van der Waals surface area contributed by atoms with Crippen LogP contribution in [0.15, 0.2) is 71.8 Å². The number of pyridine rings is 1. The monoisotopic (exact) mass is 417 g/mol. The molecule has 4 rings (SSSR count). The fourth-order valence-corrected chi connectivity index (χ4v) is 4.29. The number of fused-ring (bicyclic) bond motifs is 1. The quantitative estimate of drug-likeness (QED) is 0.494. The van der Waals surface area contributed by atoms with Gasteiger partial charge in [0.15, 0.2) is 0 Å². The Bertz CT molecular complexity index is 1230. The van der Waals surface area contributed by atoms with Gasteiger partial charge in [0.25, 0.3) is 5.91 Å². The van der Waals surface area contributed by atoms with Crippen molar-refractivity contribution in [3.8, 4) is 0 Å². The number of benzene rings is 2. The zero-order valence-corrected chi connectivity index (χ0v) is 17.6. The molecule has 0 atom stereocenters. The molecule has 1 amide bonds. The standard InChI is InChI=1S/C24H23N3O2S/c1-2-18-14-26-22(30-18)12-13-25-24(29)20-16-27(15-17-8-4-3-5-9-17)21-11-7-6-10-19(21)23(20)28/h3-11,14,16H,2,12-13,15H2,1H3,(H,25,29). The van der Waals surface area contributed by atoms with Crippen LogP contribution in [-0.4, -0.2) is 22.0 Å². The molecule has 2 aromatic heterocycles. The molecule has 30 heavy (non-hydrogen) atoms. The van der Waals surface area contributed by atoms with Crippen molar-refractivity contribution in [1.29, 1.82) is 0 Å². The summed E-state index contributed by atoms with van der Waals surface area (Å²) < 4.78 is 1.97. The molecule has 0 unspecified atom stereocenters. The number of aryl methyl sites for hydroxylation is 1. The first-order valence-corrected chi connectivity index (χ1v) is 10.8. The van der Waals surface area contributed by atoms with Gasteiger partial charge in [-0.25, -0.2) is 4.98 Å². The Hall–Kier alpha value is -3.25. The van der Waals surface area contributed by atoms with Crippen LogP contribution in [0.3, 0.4) is 0 Å². The first-order valence-electron chi connectivity index (χ1n) is 10.0. The number of carbonyl (C=O) groups is 1. The lowest BCUT2D eigenvalue weighted by molar-refractivity contribution is 0.0952. The van der Waals surface area contributed by atoms with Crippen molar-refractivity contribution in [3.05, 3.63) is 98.2 Å². The normalized spacial score (nSPS) is 11.0. The number of rotatable bonds is 7. The van der Waals surface area contributed by atoms with Crippen molar-refractivity contribution in [2.24, 2.45) is 0 Å². The topological polar surface area (TPSA) is 64.0 Å². The Balaban J connectivity index is 1.58. The molecular formula is C24H23N3O2S. The highest BCUT2D eigenvalue weighted by atomic mass is 32.1. The van der Waals surface area contributed by atoms with Gasteiger partial charge in [-0.1, -0.05) is 49.4 Å². The average molecular weight is 418 g/mol. The van der Waals surface area contributed by atoms with Crippen LogP contribution < -0.4 is 10.7 Å². The van der Waals surface area contributed by atoms with E-state index in [0.29, 0.717) is 24.9 Å². The van der Waals surface area contributed by atoms with E-state index in [0.717, 1.165) is 22.5 Å². The van der Waals surface area contributed by atoms with Crippen molar-refractivity contribution in [2.45, 2.75) is 26.3 Å². The van der Waals surface area contributed by atoms with Gasteiger partial charge in [-0.3, -0.25) is 9.59 Å². The molecule has 152 valence electrons. The van der Waals surface area contributed by atoms with Gasteiger partial charge in [0.05, 0.1) is 10.5 Å². The minimum atomic E-state index is -0.347. The Morgan fingerprint density at radius 1 is 1.10 bits per heavy atom. The van der Waals surface area contributed by atoms with Crippen LogP contribution in [0, 0.1) is 0 Å². The van der Waals surface area contributed by atoms with Crippen LogP contribution in [-0.2, 0) is 19.4 Å². The van der Waals surface area contributed by atoms with Crippen LogP contribution >= 0.6 is 11.3 Å². The van der Waals surface area contributed by atoms with E-state index in [1.54, 1.807) is 23.6 Å². The summed E-state index contributed by atoms with van der Waals surface area (Å²) in [6.45, 7) is 3.13. The van der Waals surface area contributed by atoms with Crippen LogP contribution in [0.4, 0.5) is 0 Å². The number of nitrogens with one attached hydrogen (secondary N) is 1. The van der Waals surface area contributed by atoms with Gasteiger partial charge in [-0.2, -0.15) is 0 Å². The lowest BCUT2D eigenvalue weighted by Gasteiger charge is -2.14. The molecule has 0 aliphatic rings. The Morgan fingerprint density at radius 2 is 1.87 bits per heavy atom. The molecule has 0 saturated carbocycles. The zero-order chi connectivity index (χ0) is 20.9. The zero-order valence-electron chi connectivity index (χ0n) is 16.8. The molecule has 0 fully saturated rings. The van der Waals surface area contributed by atoms with E-state index in [-0.39, 0.29) is 16.9 Å². The lowest BCUT2D eigenvalue weighted by atomic mass is 10.1. The van der Waals surface area contributed by atoms with Gasteiger partial charge in [0, 0.05) is 42.2 Å². The summed E-state index contributed by atoms with van der Waals surface area (Å²) in [6.07, 6.45) is 5.17. The third kappa shape index (κ3) is 4.33. The molecule has 0 spiro atoms. The molecule has 2 heterocycles. The number of thiazole rings is 1. The van der Waals surface area contributed by atoms with E-state index in [9.17, 15) is 9.59 Å². The minimum Gasteiger partial charge on any atom is -0.351 e. The smallest absolute Gasteiger partial charge is 0.256 e. The van der Waals surface area contributed by atoms with E-state index in [1.165, 1.54) is 4.88 Å². The Kier molecular flexibility index (Phi) is 6.05. The van der Waals surface area contributed by atoms with Gasteiger partial charge < -0.3 is 9.88 Å². The maximum Gasteiger partial charge on any atom is 0.256 e. The van der Waals surface area contributed by atoms with Gasteiger partial charge in [-0.15, -0.1) is 11.3 Å². The molecule has 0 aliphatic heterocycles. The molecule has 4 aromatic rings. The van der Waals surface area contributed by atoms with E-state index in [2.05, 4.69) is 17.2 Å². The Labute approximate surface area is 179 Å². The van der Waals surface area contributed by atoms with Crippen LogP contribution in [0.25, 0.3) is 10.9 Å². The number of hydrogen-bond donors (Lipinski definition) is 1. The van der Waals surface area contributed by atoms with Crippen molar-refractivity contribution in [1.82, 2.24) is 14.9 Å². The SMILES string of the molecule is CCc1cnc(CCNC(=O)c2cn(Cc3ccccc3)c3ccccc3c2=O)s1. The van der Waals surface area contributed by atoms with Crippen LogP contribution in [0.2, 0.25) is 0 Å². The predicted octanol–water partition coefficient (Wildman–Crippen LogP) is 4.04. The number of aromatic nitrogens is 2. The number of para-hydroxylation sites is 1. The van der Waals surface area contributed by atoms with Crippen LogP contribution in [0.5, 0.6) is 0 Å². The number of amides is 1. The summed E-state index contributed by atoms with van der Waals surface area (Å²) in [6, 6.07) is 17.4. The predicted molar refractivity (Wildman–Crippen MR) is 121 cm³/mol. The Morgan fingerprint density at radius 3 is 2.63 bits per heavy atom. The van der Waals surface area contributed by atoms with Crippen molar-refractivity contribution in [3.63, 3.8) is 0 Å². The summed E-state index contributed by atoms with van der Waals surface area (Å²) >= 11 is 1.66. The summed E-state index contributed by atoms with van der Waals surface area (Å²) in [5, 5.41) is 4.43. The van der Waals surface area contributed by atoms with E-state index in [1.807, 2.05) is 59.3 Å². The maximum absolute atomic E-state index is 13.0. The number of carbonyl (C=O) groups excluding carboxylic acids is 1. The second-order valence-corrected chi connectivity index (χ2v) is 8.28. The molecule has 0 aliphatic carbocycles. The first-order chi connectivity index (χ1) is 14.7. The van der Waals surface area contributed by atoms with E-state index >= 15 is 0 Å². The van der Waals surface area contributed by atoms with Crippen molar-refractivity contribution < 1.29 is 4.79 Å². The number of hydrogen-bond acceptors (Lipinski definition) is 4. The number of nitrogens with zero attached hydrogens (tertiary/aromatic N) is 2. The molecule has 2 aromatic carbocycles. The molecule has 0 radical (unpaired) electrons. The van der Waals surface area contributed by atoms with E-state index < -0.39 is 0 Å². The maximum atomic E-state index is 13.0. The first kappa shape index (κ1) is 20.0. The highest BCUT2D eigenvalue weighted by molar-refractivity contribution is 7.11. The molecule has 1 N–H and O–H groups in total. The molecular weight excluding hydrogens is 394 g/mol. The second-order valence-electron chi connectivity index (χ2n) is 7.08. The fraction of sp³-hybridized carbons (Fsp3) is 0.208. The van der Waals surface area contributed by atoms with Crippen molar-refractivity contribution in [2.75, 3.05) is 6.54 Å². The van der Waals surface area contributed by atoms with Gasteiger partial charge >= 0.3 is 0 Å². The molecule has 0 bridgehead atoms.